The van der Waals surface area contributed by atoms with E-state index in [2.05, 4.69) is 26.6 Å². The molecule has 4 nitrogen and oxygen atoms in total. The van der Waals surface area contributed by atoms with Gasteiger partial charge in [-0.25, -0.2) is 4.79 Å². The molecule has 0 unspecified atom stereocenters. The molecule has 1 aliphatic rings. The van der Waals surface area contributed by atoms with Crippen molar-refractivity contribution in [1.29, 1.82) is 0 Å². The average molecular weight is 289 g/mol. The first-order chi connectivity index (χ1) is 9.89. The topological polar surface area (TPSA) is 38.8 Å². The monoisotopic (exact) mass is 289 g/mol. The van der Waals surface area contributed by atoms with Crippen LogP contribution in [0.4, 0.5) is 0 Å². The SMILES string of the molecule is B[C@H]1CN(C(C)C)C[C@@](C)(COC(=O)c2ccccc2)O1. The van der Waals surface area contributed by atoms with Gasteiger partial charge in [0.25, 0.3) is 0 Å². The second-order valence-electron chi connectivity index (χ2n) is 6.34. The van der Waals surface area contributed by atoms with Gasteiger partial charge < -0.3 is 9.47 Å². The summed E-state index contributed by atoms with van der Waals surface area (Å²) < 4.78 is 11.5. The van der Waals surface area contributed by atoms with E-state index in [4.69, 9.17) is 9.47 Å². The number of hydrogen-bond donors (Lipinski definition) is 0. The Bertz CT molecular complexity index is 480. The molecule has 0 amide bonds. The average Bonchev–Trinajstić information content (AvgIpc) is 2.45. The summed E-state index contributed by atoms with van der Waals surface area (Å²) in [5.41, 5.74) is 0.123. The number of carbonyl (C=O) groups excluding carboxylic acids is 1. The fraction of sp³-hybridized carbons (Fsp3) is 0.562. The quantitative estimate of drug-likeness (QED) is 0.619. The molecule has 2 atom stereocenters. The van der Waals surface area contributed by atoms with Gasteiger partial charge in [0.1, 0.15) is 20.1 Å². The molecule has 0 N–H and O–H groups in total. The van der Waals surface area contributed by atoms with Crippen LogP contribution in [0.2, 0.25) is 0 Å². The first-order valence-electron chi connectivity index (χ1n) is 7.54. The van der Waals surface area contributed by atoms with Gasteiger partial charge in [-0.2, -0.15) is 0 Å². The van der Waals surface area contributed by atoms with Crippen molar-refractivity contribution in [1.82, 2.24) is 4.90 Å². The fourth-order valence-corrected chi connectivity index (χ4v) is 2.73. The molecule has 1 heterocycles. The summed E-state index contributed by atoms with van der Waals surface area (Å²) in [6.45, 7) is 8.32. The van der Waals surface area contributed by atoms with Crippen molar-refractivity contribution in [2.75, 3.05) is 19.7 Å². The molecule has 0 spiro atoms. The van der Waals surface area contributed by atoms with E-state index in [0.717, 1.165) is 13.1 Å². The first-order valence-corrected chi connectivity index (χ1v) is 7.54. The highest BCUT2D eigenvalue weighted by atomic mass is 16.6. The van der Waals surface area contributed by atoms with Crippen LogP contribution in [0.15, 0.2) is 30.3 Å². The zero-order valence-corrected chi connectivity index (χ0v) is 13.3. The predicted molar refractivity (Wildman–Crippen MR) is 85.3 cm³/mol. The summed E-state index contributed by atoms with van der Waals surface area (Å²) in [4.78, 5) is 14.4. The highest BCUT2D eigenvalue weighted by Crippen LogP contribution is 2.23. The van der Waals surface area contributed by atoms with Crippen molar-refractivity contribution in [2.24, 2.45) is 0 Å². The lowest BCUT2D eigenvalue weighted by molar-refractivity contribution is -0.144. The molecular weight excluding hydrogens is 265 g/mol. The number of esters is 1. The number of carbonyl (C=O) groups is 1. The van der Waals surface area contributed by atoms with Crippen LogP contribution < -0.4 is 0 Å². The molecule has 1 aromatic rings. The Balaban J connectivity index is 1.96. The van der Waals surface area contributed by atoms with Gasteiger partial charge in [0.15, 0.2) is 0 Å². The van der Waals surface area contributed by atoms with Gasteiger partial charge in [-0.05, 0) is 32.9 Å². The van der Waals surface area contributed by atoms with Gasteiger partial charge in [-0.1, -0.05) is 18.2 Å². The van der Waals surface area contributed by atoms with Crippen LogP contribution in [0.25, 0.3) is 0 Å². The fourth-order valence-electron chi connectivity index (χ4n) is 2.73. The first kappa shape index (κ1) is 16.1. The third-order valence-corrected chi connectivity index (χ3v) is 3.76. The Hall–Kier alpha value is -1.33. The van der Waals surface area contributed by atoms with Gasteiger partial charge in [-0.15, -0.1) is 0 Å². The van der Waals surface area contributed by atoms with E-state index in [1.807, 2.05) is 25.1 Å². The van der Waals surface area contributed by atoms with E-state index in [-0.39, 0.29) is 18.6 Å². The minimum Gasteiger partial charge on any atom is -0.459 e. The Kier molecular flexibility index (Phi) is 5.06. The molecular formula is C16H24BNO3. The number of nitrogens with zero attached hydrogens (tertiary/aromatic N) is 1. The lowest BCUT2D eigenvalue weighted by Gasteiger charge is -2.45. The van der Waals surface area contributed by atoms with Crippen molar-refractivity contribution in [3.63, 3.8) is 0 Å². The van der Waals surface area contributed by atoms with Crippen LogP contribution in [-0.2, 0) is 9.47 Å². The number of rotatable bonds is 4. The van der Waals surface area contributed by atoms with Crippen LogP contribution in [0.3, 0.4) is 0 Å². The smallest absolute Gasteiger partial charge is 0.338 e. The van der Waals surface area contributed by atoms with Gasteiger partial charge >= 0.3 is 5.97 Å². The van der Waals surface area contributed by atoms with Crippen LogP contribution in [0.5, 0.6) is 0 Å². The predicted octanol–water partition coefficient (Wildman–Crippen LogP) is 1.30. The summed E-state index contributed by atoms with van der Waals surface area (Å²) in [6.07, 6.45) is 0. The molecule has 1 fully saturated rings. The molecule has 114 valence electrons. The molecule has 21 heavy (non-hydrogen) atoms. The number of benzene rings is 1. The lowest BCUT2D eigenvalue weighted by Crippen LogP contribution is -2.58. The summed E-state index contributed by atoms with van der Waals surface area (Å²) >= 11 is 0. The van der Waals surface area contributed by atoms with E-state index in [1.165, 1.54) is 0 Å². The molecule has 0 aromatic heterocycles. The maximum atomic E-state index is 12.0. The Morgan fingerprint density at radius 1 is 1.48 bits per heavy atom. The molecule has 0 aliphatic carbocycles. The summed E-state index contributed by atoms with van der Waals surface area (Å²) in [5, 5.41) is 0. The van der Waals surface area contributed by atoms with Gasteiger partial charge in [0.05, 0.1) is 5.56 Å². The van der Waals surface area contributed by atoms with E-state index in [1.54, 1.807) is 12.1 Å². The second kappa shape index (κ2) is 6.63. The molecule has 1 aromatic carbocycles. The second-order valence-corrected chi connectivity index (χ2v) is 6.34. The third-order valence-electron chi connectivity index (χ3n) is 3.76. The molecule has 1 saturated heterocycles. The van der Waals surface area contributed by atoms with Gasteiger partial charge in [0, 0.05) is 25.1 Å². The van der Waals surface area contributed by atoms with Gasteiger partial charge in [-0.3, -0.25) is 4.90 Å². The van der Waals surface area contributed by atoms with Crippen molar-refractivity contribution < 1.29 is 14.3 Å². The summed E-state index contributed by atoms with van der Waals surface area (Å²) in [7, 11) is 2.06. The Morgan fingerprint density at radius 3 is 2.76 bits per heavy atom. The minimum absolute atomic E-state index is 0.140. The maximum absolute atomic E-state index is 12.0. The highest BCUT2D eigenvalue weighted by Gasteiger charge is 2.37. The van der Waals surface area contributed by atoms with Crippen molar-refractivity contribution in [2.45, 2.75) is 38.4 Å². The number of morpholine rings is 1. The third kappa shape index (κ3) is 4.32. The minimum atomic E-state index is -0.452. The van der Waals surface area contributed by atoms with Crippen LogP contribution >= 0.6 is 0 Å². The number of ether oxygens (including phenoxy) is 2. The lowest BCUT2D eigenvalue weighted by atomic mass is 9.93. The molecule has 0 saturated carbocycles. The standard InChI is InChI=1S/C16H24BNO3/c1-12(2)18-9-14(17)21-16(3,10-18)11-20-15(19)13-7-5-4-6-8-13/h4-8,12,14H,9-11,17H2,1-3H3/t14-,16+/m1/s1. The molecule has 0 bridgehead atoms. The van der Waals surface area contributed by atoms with Crippen molar-refractivity contribution in [3.8, 4) is 0 Å². The van der Waals surface area contributed by atoms with Crippen molar-refractivity contribution >= 4 is 13.8 Å². The van der Waals surface area contributed by atoms with Crippen LogP contribution in [0.1, 0.15) is 31.1 Å². The Labute approximate surface area is 127 Å². The highest BCUT2D eigenvalue weighted by molar-refractivity contribution is 6.11. The van der Waals surface area contributed by atoms with Crippen LogP contribution in [0, 0.1) is 0 Å². The summed E-state index contributed by atoms with van der Waals surface area (Å²) in [5.74, 6) is -0.297. The molecule has 2 rings (SSSR count). The normalized spacial score (nSPS) is 26.8. The zero-order chi connectivity index (χ0) is 15.5. The van der Waals surface area contributed by atoms with E-state index >= 15 is 0 Å². The molecule has 1 aliphatic heterocycles. The number of hydrogen-bond acceptors (Lipinski definition) is 4. The molecule has 0 radical (unpaired) electrons. The van der Waals surface area contributed by atoms with Gasteiger partial charge in [0.2, 0.25) is 0 Å². The molecule has 5 heteroatoms. The van der Waals surface area contributed by atoms with E-state index in [0.29, 0.717) is 11.6 Å². The largest absolute Gasteiger partial charge is 0.459 e. The van der Waals surface area contributed by atoms with Crippen LogP contribution in [-0.4, -0.2) is 56.1 Å². The Morgan fingerprint density at radius 2 is 2.14 bits per heavy atom. The maximum Gasteiger partial charge on any atom is 0.338 e. The van der Waals surface area contributed by atoms with E-state index in [9.17, 15) is 4.79 Å². The summed E-state index contributed by atoms with van der Waals surface area (Å²) in [6, 6.07) is 9.66. The zero-order valence-electron chi connectivity index (χ0n) is 13.3. The van der Waals surface area contributed by atoms with Crippen molar-refractivity contribution in [3.05, 3.63) is 35.9 Å². The van der Waals surface area contributed by atoms with E-state index < -0.39 is 5.60 Å².